The Balaban J connectivity index is 1.87. The predicted molar refractivity (Wildman–Crippen MR) is 114 cm³/mol. The molecule has 0 aliphatic rings. The van der Waals surface area contributed by atoms with Crippen LogP contribution >= 0.6 is 22.7 Å². The maximum atomic E-state index is 12.7. The van der Waals surface area contributed by atoms with Crippen LogP contribution in [0, 0.1) is 0 Å². The summed E-state index contributed by atoms with van der Waals surface area (Å²) in [6.45, 7) is 4.34. The minimum absolute atomic E-state index is 0.0248. The molecule has 148 valence electrons. The molecule has 0 spiro atoms. The van der Waals surface area contributed by atoms with Gasteiger partial charge in [-0.15, -0.1) is 22.7 Å². The van der Waals surface area contributed by atoms with Gasteiger partial charge in [0.05, 0.1) is 11.6 Å². The maximum absolute atomic E-state index is 12.7. The Morgan fingerprint density at radius 3 is 2.36 bits per heavy atom. The fourth-order valence-electron chi connectivity index (χ4n) is 2.83. The Hall–Kier alpha value is -2.00. The van der Waals surface area contributed by atoms with Gasteiger partial charge in [-0.25, -0.2) is 13.6 Å². The lowest BCUT2D eigenvalue weighted by Crippen LogP contribution is -2.28. The average molecular weight is 435 g/mol. The summed E-state index contributed by atoms with van der Waals surface area (Å²) in [6, 6.07) is 13.2. The van der Waals surface area contributed by atoms with Gasteiger partial charge >= 0.3 is 0 Å². The van der Waals surface area contributed by atoms with E-state index in [4.69, 9.17) is 5.14 Å². The van der Waals surface area contributed by atoms with E-state index in [-0.39, 0.29) is 21.7 Å². The topological polar surface area (TPSA) is 89.3 Å². The van der Waals surface area contributed by atoms with Crippen LogP contribution in [0.3, 0.4) is 0 Å². The molecule has 2 heterocycles. The van der Waals surface area contributed by atoms with E-state index >= 15 is 0 Å². The van der Waals surface area contributed by atoms with Gasteiger partial charge in [-0.1, -0.05) is 44.2 Å². The summed E-state index contributed by atoms with van der Waals surface area (Å²) in [5.41, 5.74) is 2.52. The molecule has 5 nitrogen and oxygen atoms in total. The monoisotopic (exact) mass is 434 g/mol. The number of primary sulfonamides is 1. The molecule has 1 amide bonds. The highest BCUT2D eigenvalue weighted by Crippen LogP contribution is 2.29. The van der Waals surface area contributed by atoms with Crippen molar-refractivity contribution in [3.63, 3.8) is 0 Å². The molecule has 0 saturated carbocycles. The zero-order valence-corrected chi connectivity index (χ0v) is 18.0. The molecule has 3 aromatic rings. The smallest absolute Gasteiger partial charge is 0.252 e. The van der Waals surface area contributed by atoms with Crippen molar-refractivity contribution in [2.75, 3.05) is 0 Å². The van der Waals surface area contributed by atoms with Gasteiger partial charge < -0.3 is 5.32 Å². The Kier molecular flexibility index (Phi) is 6.34. The fraction of sp³-hybridized carbons (Fsp3) is 0.250. The van der Waals surface area contributed by atoms with Crippen molar-refractivity contribution in [1.29, 1.82) is 0 Å². The molecule has 3 rings (SSSR count). The first-order valence-electron chi connectivity index (χ1n) is 8.85. The summed E-state index contributed by atoms with van der Waals surface area (Å²) in [5.74, 6) is 0.141. The van der Waals surface area contributed by atoms with Gasteiger partial charge in [0, 0.05) is 10.3 Å². The van der Waals surface area contributed by atoms with Crippen LogP contribution < -0.4 is 10.5 Å². The van der Waals surface area contributed by atoms with Crippen LogP contribution in [-0.2, 0) is 10.0 Å². The van der Waals surface area contributed by atoms with Gasteiger partial charge in [0.1, 0.15) is 4.21 Å². The zero-order valence-electron chi connectivity index (χ0n) is 15.6. The number of rotatable bonds is 7. The van der Waals surface area contributed by atoms with E-state index in [1.807, 2.05) is 29.6 Å². The molecule has 0 aliphatic heterocycles. The van der Waals surface area contributed by atoms with Crippen LogP contribution in [0.2, 0.25) is 0 Å². The van der Waals surface area contributed by atoms with Crippen LogP contribution in [-0.4, -0.2) is 14.3 Å². The van der Waals surface area contributed by atoms with Crippen molar-refractivity contribution < 1.29 is 13.2 Å². The molecule has 8 heteroatoms. The number of carbonyl (C=O) groups excluding carboxylic acids is 1. The number of carbonyl (C=O) groups is 1. The van der Waals surface area contributed by atoms with Crippen molar-refractivity contribution in [2.24, 2.45) is 5.14 Å². The highest BCUT2D eigenvalue weighted by Gasteiger charge is 2.21. The molecule has 0 aliphatic carbocycles. The summed E-state index contributed by atoms with van der Waals surface area (Å²) in [5, 5.41) is 11.6. The van der Waals surface area contributed by atoms with E-state index in [9.17, 15) is 13.2 Å². The lowest BCUT2D eigenvalue weighted by Gasteiger charge is -2.19. The zero-order chi connectivity index (χ0) is 20.3. The SMILES string of the molecule is CCC(C)c1ccc(C(NC(=O)c2csc(S(N)(=O)=O)c2)c2cccs2)cc1. The summed E-state index contributed by atoms with van der Waals surface area (Å²) < 4.78 is 22.9. The second kappa shape index (κ2) is 8.57. The first-order valence-corrected chi connectivity index (χ1v) is 12.2. The van der Waals surface area contributed by atoms with Crippen molar-refractivity contribution in [3.8, 4) is 0 Å². The normalized spacial score (nSPS) is 13.8. The van der Waals surface area contributed by atoms with Crippen LogP contribution in [0.15, 0.2) is 57.4 Å². The van der Waals surface area contributed by atoms with Crippen LogP contribution in [0.25, 0.3) is 0 Å². The second-order valence-electron chi connectivity index (χ2n) is 6.60. The summed E-state index contributed by atoms with van der Waals surface area (Å²) >= 11 is 2.50. The second-order valence-corrected chi connectivity index (χ2v) is 10.3. The van der Waals surface area contributed by atoms with Crippen molar-refractivity contribution in [3.05, 3.63) is 74.8 Å². The molecular formula is C20H22N2O3S3. The first kappa shape index (κ1) is 20.7. The van der Waals surface area contributed by atoms with E-state index in [0.717, 1.165) is 28.2 Å². The van der Waals surface area contributed by atoms with Gasteiger partial charge in [-0.05, 0) is 41.0 Å². The van der Waals surface area contributed by atoms with E-state index in [2.05, 4.69) is 31.3 Å². The Labute approximate surface area is 173 Å². The Morgan fingerprint density at radius 1 is 1.14 bits per heavy atom. The Bertz CT molecular complexity index is 1040. The van der Waals surface area contributed by atoms with E-state index in [1.165, 1.54) is 17.0 Å². The molecule has 28 heavy (non-hydrogen) atoms. The van der Waals surface area contributed by atoms with Gasteiger partial charge in [0.15, 0.2) is 0 Å². The molecule has 2 aromatic heterocycles. The van der Waals surface area contributed by atoms with E-state index in [1.54, 1.807) is 11.3 Å². The standard InChI is InChI=1S/C20H22N2O3S3/c1-3-13(2)14-6-8-15(9-7-14)19(17-5-4-10-26-17)22-20(23)16-11-18(27-12-16)28(21,24)25/h4-13,19H,3H2,1-2H3,(H,22,23)(H2,21,24,25). The van der Waals surface area contributed by atoms with Crippen LogP contribution in [0.4, 0.5) is 0 Å². The van der Waals surface area contributed by atoms with Gasteiger partial charge in [-0.3, -0.25) is 4.79 Å². The molecule has 0 saturated heterocycles. The quantitative estimate of drug-likeness (QED) is 0.574. The summed E-state index contributed by atoms with van der Waals surface area (Å²) in [4.78, 5) is 13.8. The molecule has 1 aromatic carbocycles. The third-order valence-electron chi connectivity index (χ3n) is 4.67. The minimum Gasteiger partial charge on any atom is -0.340 e. The lowest BCUT2D eigenvalue weighted by molar-refractivity contribution is 0.0944. The molecule has 3 N–H and O–H groups in total. The number of nitrogens with two attached hydrogens (primary N) is 1. The number of hydrogen-bond donors (Lipinski definition) is 2. The average Bonchev–Trinajstić information content (AvgIpc) is 3.37. The highest BCUT2D eigenvalue weighted by atomic mass is 32.2. The molecule has 2 atom stereocenters. The maximum Gasteiger partial charge on any atom is 0.252 e. The number of thiophene rings is 2. The highest BCUT2D eigenvalue weighted by molar-refractivity contribution is 7.91. The fourth-order valence-corrected chi connectivity index (χ4v) is 5.21. The molecule has 0 bridgehead atoms. The van der Waals surface area contributed by atoms with Gasteiger partial charge in [0.2, 0.25) is 10.0 Å². The first-order chi connectivity index (χ1) is 13.3. The van der Waals surface area contributed by atoms with Crippen molar-refractivity contribution in [1.82, 2.24) is 5.32 Å². The number of sulfonamides is 1. The Morgan fingerprint density at radius 2 is 1.82 bits per heavy atom. The number of amides is 1. The third kappa shape index (κ3) is 4.70. The van der Waals surface area contributed by atoms with Gasteiger partial charge in [0.25, 0.3) is 5.91 Å². The van der Waals surface area contributed by atoms with E-state index < -0.39 is 10.0 Å². The number of hydrogen-bond acceptors (Lipinski definition) is 5. The predicted octanol–water partition coefficient (Wildman–Crippen LogP) is 4.49. The summed E-state index contributed by atoms with van der Waals surface area (Å²) in [6.07, 6.45) is 1.06. The summed E-state index contributed by atoms with van der Waals surface area (Å²) in [7, 11) is -3.81. The molecule has 0 fully saturated rings. The largest absolute Gasteiger partial charge is 0.340 e. The number of nitrogens with one attached hydrogen (secondary N) is 1. The van der Waals surface area contributed by atoms with Crippen LogP contribution in [0.1, 0.15) is 58.6 Å². The van der Waals surface area contributed by atoms with Crippen LogP contribution in [0.5, 0.6) is 0 Å². The van der Waals surface area contributed by atoms with Crippen molar-refractivity contribution >= 4 is 38.6 Å². The number of benzene rings is 1. The molecule has 2 unspecified atom stereocenters. The van der Waals surface area contributed by atoms with E-state index in [0.29, 0.717) is 5.92 Å². The third-order valence-corrected chi connectivity index (χ3v) is 8.00. The molecule has 0 radical (unpaired) electrons. The van der Waals surface area contributed by atoms with Gasteiger partial charge in [-0.2, -0.15) is 0 Å². The lowest BCUT2D eigenvalue weighted by atomic mass is 9.95. The minimum atomic E-state index is -3.81. The molecular weight excluding hydrogens is 412 g/mol. The van der Waals surface area contributed by atoms with Crippen molar-refractivity contribution in [2.45, 2.75) is 36.4 Å².